The lowest BCUT2D eigenvalue weighted by atomic mass is 10.0. The summed E-state index contributed by atoms with van der Waals surface area (Å²) in [5.41, 5.74) is 8.18. The molecule has 10 nitrogen and oxygen atoms in total. The van der Waals surface area contributed by atoms with Gasteiger partial charge in [-0.2, -0.15) is 0 Å². The first-order chi connectivity index (χ1) is 18.2. The number of para-hydroxylation sites is 1. The maximum atomic E-state index is 13.4. The van der Waals surface area contributed by atoms with E-state index in [1.807, 2.05) is 54.6 Å². The Labute approximate surface area is 220 Å². The van der Waals surface area contributed by atoms with Crippen LogP contribution in [0.1, 0.15) is 30.9 Å². The molecule has 0 bridgehead atoms. The Bertz CT molecular complexity index is 1310. The molecular formula is C28H33N5O5. The van der Waals surface area contributed by atoms with Crippen molar-refractivity contribution < 1.29 is 24.3 Å². The van der Waals surface area contributed by atoms with Crippen molar-refractivity contribution in [2.24, 2.45) is 5.73 Å². The van der Waals surface area contributed by atoms with Crippen molar-refractivity contribution in [2.45, 2.75) is 56.8 Å². The van der Waals surface area contributed by atoms with E-state index >= 15 is 0 Å². The normalized spacial score (nSPS) is 17.5. The number of aliphatic carboxylic acids is 1. The average molecular weight is 520 g/mol. The van der Waals surface area contributed by atoms with Crippen molar-refractivity contribution >= 4 is 34.6 Å². The number of nitrogens with one attached hydrogen (secondary N) is 3. The van der Waals surface area contributed by atoms with Crippen LogP contribution >= 0.6 is 0 Å². The van der Waals surface area contributed by atoms with Gasteiger partial charge in [-0.3, -0.25) is 14.4 Å². The van der Waals surface area contributed by atoms with E-state index < -0.39 is 42.0 Å². The summed E-state index contributed by atoms with van der Waals surface area (Å²) in [7, 11) is 0. The molecule has 4 unspecified atom stereocenters. The second kappa shape index (κ2) is 11.9. The minimum atomic E-state index is -1.21. The first kappa shape index (κ1) is 26.9. The highest BCUT2D eigenvalue weighted by molar-refractivity contribution is 5.94. The second-order valence-electron chi connectivity index (χ2n) is 9.69. The van der Waals surface area contributed by atoms with Gasteiger partial charge in [0, 0.05) is 36.5 Å². The zero-order chi connectivity index (χ0) is 27.2. The molecule has 0 aliphatic carbocycles. The Hall–Kier alpha value is -4.18. The molecule has 0 radical (unpaired) electrons. The zero-order valence-corrected chi connectivity index (χ0v) is 21.2. The number of benzene rings is 2. The van der Waals surface area contributed by atoms with E-state index in [0.29, 0.717) is 19.4 Å². The van der Waals surface area contributed by atoms with Crippen molar-refractivity contribution in [1.29, 1.82) is 0 Å². The number of carboxylic acid groups (broad SMARTS) is 1. The number of nitrogens with two attached hydrogens (primary N) is 1. The van der Waals surface area contributed by atoms with Crippen LogP contribution in [0.25, 0.3) is 10.9 Å². The summed E-state index contributed by atoms with van der Waals surface area (Å²) >= 11 is 0. The van der Waals surface area contributed by atoms with Gasteiger partial charge in [-0.15, -0.1) is 0 Å². The van der Waals surface area contributed by atoms with Crippen molar-refractivity contribution in [3.8, 4) is 0 Å². The molecule has 38 heavy (non-hydrogen) atoms. The number of aromatic nitrogens is 1. The number of carboxylic acids is 1. The predicted octanol–water partition coefficient (Wildman–Crippen LogP) is 1.35. The van der Waals surface area contributed by atoms with Gasteiger partial charge in [0.25, 0.3) is 0 Å². The van der Waals surface area contributed by atoms with Crippen LogP contribution < -0.4 is 16.4 Å². The molecule has 4 rings (SSSR count). The Morgan fingerprint density at radius 3 is 2.45 bits per heavy atom. The van der Waals surface area contributed by atoms with Gasteiger partial charge in [0.1, 0.15) is 18.1 Å². The molecule has 2 aromatic carbocycles. The number of amides is 3. The molecule has 3 aromatic rings. The number of carbonyl (C=O) groups excluding carboxylic acids is 3. The van der Waals surface area contributed by atoms with Crippen molar-refractivity contribution in [2.75, 3.05) is 6.54 Å². The van der Waals surface area contributed by atoms with Crippen molar-refractivity contribution in [3.05, 3.63) is 71.9 Å². The van der Waals surface area contributed by atoms with Gasteiger partial charge in [-0.05, 0) is 37.0 Å². The van der Waals surface area contributed by atoms with Crippen LogP contribution in [0.2, 0.25) is 0 Å². The smallest absolute Gasteiger partial charge is 0.326 e. The summed E-state index contributed by atoms with van der Waals surface area (Å²) < 4.78 is 0. The Balaban J connectivity index is 1.52. The molecule has 1 saturated heterocycles. The first-order valence-corrected chi connectivity index (χ1v) is 12.7. The van der Waals surface area contributed by atoms with Crippen LogP contribution in [0.4, 0.5) is 0 Å². The number of hydrogen-bond donors (Lipinski definition) is 5. The number of H-pyrrole nitrogens is 1. The molecule has 1 aliphatic rings. The Kier molecular flexibility index (Phi) is 8.42. The maximum absolute atomic E-state index is 13.4. The molecule has 1 aliphatic heterocycles. The van der Waals surface area contributed by atoms with Crippen LogP contribution in [-0.2, 0) is 32.0 Å². The van der Waals surface area contributed by atoms with Gasteiger partial charge in [-0.25, -0.2) is 4.79 Å². The summed E-state index contributed by atoms with van der Waals surface area (Å²) in [6.07, 6.45) is 3.07. The van der Waals surface area contributed by atoms with Gasteiger partial charge in [-0.1, -0.05) is 48.5 Å². The minimum Gasteiger partial charge on any atom is -0.480 e. The fourth-order valence-electron chi connectivity index (χ4n) is 4.88. The van der Waals surface area contributed by atoms with Crippen LogP contribution in [0, 0.1) is 0 Å². The number of fused-ring (bicyclic) bond motifs is 1. The fourth-order valence-corrected chi connectivity index (χ4v) is 4.88. The van der Waals surface area contributed by atoms with E-state index in [2.05, 4.69) is 15.6 Å². The minimum absolute atomic E-state index is 0.0659. The number of hydrogen-bond acceptors (Lipinski definition) is 5. The summed E-state index contributed by atoms with van der Waals surface area (Å²) in [5, 5.41) is 16.2. The lowest BCUT2D eigenvalue weighted by Crippen LogP contribution is -2.57. The van der Waals surface area contributed by atoms with Crippen molar-refractivity contribution in [1.82, 2.24) is 20.5 Å². The van der Waals surface area contributed by atoms with Crippen LogP contribution in [0.5, 0.6) is 0 Å². The zero-order valence-electron chi connectivity index (χ0n) is 21.2. The highest BCUT2D eigenvalue weighted by Crippen LogP contribution is 2.20. The Morgan fingerprint density at radius 2 is 1.74 bits per heavy atom. The lowest BCUT2D eigenvalue weighted by Gasteiger charge is -2.28. The molecule has 0 saturated carbocycles. The molecular weight excluding hydrogens is 486 g/mol. The topological polar surface area (TPSA) is 158 Å². The molecule has 2 heterocycles. The van der Waals surface area contributed by atoms with E-state index in [1.165, 1.54) is 4.90 Å². The number of nitrogens with zero attached hydrogens (tertiary/aromatic N) is 1. The highest BCUT2D eigenvalue weighted by atomic mass is 16.4. The van der Waals surface area contributed by atoms with Crippen LogP contribution in [-0.4, -0.2) is 69.4 Å². The summed E-state index contributed by atoms with van der Waals surface area (Å²) in [6.45, 7) is 1.99. The Morgan fingerprint density at radius 1 is 1.03 bits per heavy atom. The quantitative estimate of drug-likeness (QED) is 0.272. The molecule has 0 spiro atoms. The number of likely N-dealkylation sites (tertiary alicyclic amines) is 1. The number of rotatable bonds is 10. The fraction of sp³-hybridized carbons (Fsp3) is 0.357. The molecule has 200 valence electrons. The maximum Gasteiger partial charge on any atom is 0.326 e. The third-order valence-electron chi connectivity index (χ3n) is 6.86. The molecule has 4 atom stereocenters. The molecule has 3 amide bonds. The SMILES string of the molecule is CC(N)C(=O)N1CCCC1C(=O)NC(Cc1ccccc1)C(=O)NC(Cc1c[nH]c2ccccc12)C(=O)O. The number of aromatic amines is 1. The first-order valence-electron chi connectivity index (χ1n) is 12.7. The van der Waals surface area contributed by atoms with Gasteiger partial charge in [0.15, 0.2) is 0 Å². The van der Waals surface area contributed by atoms with E-state index in [-0.39, 0.29) is 18.7 Å². The summed E-state index contributed by atoms with van der Waals surface area (Å²) in [6, 6.07) is 12.9. The molecule has 1 fully saturated rings. The third kappa shape index (κ3) is 6.20. The number of carbonyl (C=O) groups is 4. The highest BCUT2D eigenvalue weighted by Gasteiger charge is 2.37. The molecule has 10 heteroatoms. The largest absolute Gasteiger partial charge is 0.480 e. The molecule has 1 aromatic heterocycles. The monoisotopic (exact) mass is 519 g/mol. The van der Waals surface area contributed by atoms with Crippen molar-refractivity contribution in [3.63, 3.8) is 0 Å². The van der Waals surface area contributed by atoms with Gasteiger partial charge in [0.2, 0.25) is 17.7 Å². The van der Waals surface area contributed by atoms with E-state index in [1.54, 1.807) is 13.1 Å². The molecule has 6 N–H and O–H groups in total. The summed E-state index contributed by atoms with van der Waals surface area (Å²) in [5.74, 6) is -2.58. The standard InChI is InChI=1S/C28H33N5O5/c1-17(29)27(36)33-13-7-12-24(33)26(35)31-22(14-18-8-3-2-4-9-18)25(34)32-23(28(37)38)15-19-16-30-21-11-6-5-10-20(19)21/h2-6,8-11,16-17,22-24,30H,7,12-15,29H2,1H3,(H,31,35)(H,32,34)(H,37,38). The van der Waals surface area contributed by atoms with E-state index in [9.17, 15) is 24.3 Å². The second-order valence-corrected chi connectivity index (χ2v) is 9.69. The van der Waals surface area contributed by atoms with Gasteiger partial charge >= 0.3 is 5.97 Å². The lowest BCUT2D eigenvalue weighted by molar-refractivity contribution is -0.143. The third-order valence-corrected chi connectivity index (χ3v) is 6.86. The van der Waals surface area contributed by atoms with Crippen LogP contribution in [0.15, 0.2) is 60.8 Å². The van der Waals surface area contributed by atoms with E-state index in [0.717, 1.165) is 22.0 Å². The average Bonchev–Trinajstić information content (AvgIpc) is 3.55. The van der Waals surface area contributed by atoms with Gasteiger partial charge in [0.05, 0.1) is 6.04 Å². The van der Waals surface area contributed by atoms with Gasteiger partial charge < -0.3 is 31.4 Å². The van der Waals surface area contributed by atoms with Crippen LogP contribution in [0.3, 0.4) is 0 Å². The predicted molar refractivity (Wildman–Crippen MR) is 142 cm³/mol. The summed E-state index contributed by atoms with van der Waals surface area (Å²) in [4.78, 5) is 55.9. The van der Waals surface area contributed by atoms with E-state index in [4.69, 9.17) is 5.73 Å².